The SMILES string of the molecule is C=CC(=O)Nc1cc(Nc2cc(-c3ccc4c(cnn4C)c3)ncn2)c(OC)cc1N(C)CCO. The predicted molar refractivity (Wildman–Crippen MR) is 137 cm³/mol. The molecular formula is C25H27N7O3. The van der Waals surface area contributed by atoms with E-state index in [1.165, 1.54) is 12.4 Å². The Kier molecular flexibility index (Phi) is 6.93. The van der Waals surface area contributed by atoms with Crippen LogP contribution in [0.5, 0.6) is 5.75 Å². The number of amides is 1. The number of methoxy groups -OCH3 is 1. The number of aliphatic hydroxyl groups excluding tert-OH is 1. The number of benzene rings is 2. The molecule has 0 unspecified atom stereocenters. The Bertz CT molecular complexity index is 1380. The van der Waals surface area contributed by atoms with Gasteiger partial charge < -0.3 is 25.4 Å². The largest absolute Gasteiger partial charge is 0.494 e. The van der Waals surface area contributed by atoms with E-state index >= 15 is 0 Å². The van der Waals surface area contributed by atoms with Crippen LogP contribution >= 0.6 is 0 Å². The van der Waals surface area contributed by atoms with E-state index in [1.54, 1.807) is 19.2 Å². The number of ether oxygens (including phenoxy) is 1. The number of nitrogens with one attached hydrogen (secondary N) is 2. The van der Waals surface area contributed by atoms with Gasteiger partial charge >= 0.3 is 0 Å². The summed E-state index contributed by atoms with van der Waals surface area (Å²) in [5.41, 5.74) is 4.52. The number of likely N-dealkylation sites (N-methyl/N-ethyl adjacent to an activating group) is 1. The highest BCUT2D eigenvalue weighted by Crippen LogP contribution is 2.38. The average Bonchev–Trinajstić information content (AvgIpc) is 3.24. The minimum Gasteiger partial charge on any atom is -0.494 e. The number of carbonyl (C=O) groups excluding carboxylic acids is 1. The van der Waals surface area contributed by atoms with Gasteiger partial charge in [-0.2, -0.15) is 5.10 Å². The Labute approximate surface area is 202 Å². The van der Waals surface area contributed by atoms with Crippen molar-refractivity contribution in [2.75, 3.05) is 42.8 Å². The fourth-order valence-corrected chi connectivity index (χ4v) is 3.75. The van der Waals surface area contributed by atoms with Crippen LogP contribution in [0.25, 0.3) is 22.2 Å². The summed E-state index contributed by atoms with van der Waals surface area (Å²) < 4.78 is 7.42. The molecule has 4 rings (SSSR count). The first-order valence-corrected chi connectivity index (χ1v) is 10.9. The number of rotatable bonds is 9. The highest BCUT2D eigenvalue weighted by atomic mass is 16.5. The van der Waals surface area contributed by atoms with Gasteiger partial charge in [-0.3, -0.25) is 9.48 Å². The maximum Gasteiger partial charge on any atom is 0.247 e. The molecule has 2 heterocycles. The quantitative estimate of drug-likeness (QED) is 0.317. The second kappa shape index (κ2) is 10.2. The summed E-state index contributed by atoms with van der Waals surface area (Å²) in [6.45, 7) is 3.86. The lowest BCUT2D eigenvalue weighted by atomic mass is 10.1. The first kappa shape index (κ1) is 23.7. The fourth-order valence-electron chi connectivity index (χ4n) is 3.75. The van der Waals surface area contributed by atoms with Crippen LogP contribution in [-0.4, -0.2) is 58.1 Å². The van der Waals surface area contributed by atoms with Gasteiger partial charge in [0.2, 0.25) is 5.91 Å². The van der Waals surface area contributed by atoms with Crippen LogP contribution in [0, 0.1) is 0 Å². The second-order valence-electron chi connectivity index (χ2n) is 7.86. The van der Waals surface area contributed by atoms with Gasteiger partial charge in [-0.05, 0) is 24.3 Å². The molecule has 0 bridgehead atoms. The van der Waals surface area contributed by atoms with E-state index in [0.717, 1.165) is 22.2 Å². The molecule has 0 radical (unpaired) electrons. The summed E-state index contributed by atoms with van der Waals surface area (Å²) in [6, 6.07) is 11.4. The minimum absolute atomic E-state index is 0.0395. The van der Waals surface area contributed by atoms with Crippen molar-refractivity contribution in [1.29, 1.82) is 0 Å². The van der Waals surface area contributed by atoms with Gasteiger partial charge in [-0.1, -0.05) is 12.6 Å². The zero-order chi connectivity index (χ0) is 24.9. The summed E-state index contributed by atoms with van der Waals surface area (Å²) in [7, 11) is 5.28. The standard InChI is InChI=1S/C25H27N7O3/c1-5-25(34)30-19-11-20(23(35-4)13-22(19)31(2)8-9-33)29-24-12-18(26-15-27-24)16-6-7-21-17(10-16)14-28-32(21)3/h5-7,10-15,33H,1,8-9H2,2-4H3,(H,30,34)(H,26,27,29). The Hall–Kier alpha value is -4.44. The number of fused-ring (bicyclic) bond motifs is 1. The number of carbonyl (C=O) groups is 1. The van der Waals surface area contributed by atoms with E-state index in [2.05, 4.69) is 32.3 Å². The Morgan fingerprint density at radius 1 is 1.23 bits per heavy atom. The van der Waals surface area contributed by atoms with Crippen LogP contribution < -0.4 is 20.3 Å². The molecule has 2 aromatic carbocycles. The smallest absolute Gasteiger partial charge is 0.247 e. The molecule has 10 nitrogen and oxygen atoms in total. The van der Waals surface area contributed by atoms with Crippen LogP contribution in [0.3, 0.4) is 0 Å². The van der Waals surface area contributed by atoms with Gasteiger partial charge in [-0.25, -0.2) is 9.97 Å². The molecule has 0 saturated carbocycles. The number of aryl methyl sites for hydroxylation is 1. The highest BCUT2D eigenvalue weighted by Gasteiger charge is 2.16. The molecule has 35 heavy (non-hydrogen) atoms. The molecule has 2 aromatic heterocycles. The Morgan fingerprint density at radius 2 is 2.06 bits per heavy atom. The molecule has 0 atom stereocenters. The van der Waals surface area contributed by atoms with Crippen molar-refractivity contribution in [3.05, 3.63) is 61.6 Å². The maximum atomic E-state index is 12.1. The summed E-state index contributed by atoms with van der Waals surface area (Å²) >= 11 is 0. The van der Waals surface area contributed by atoms with Crippen LogP contribution in [0.15, 0.2) is 61.6 Å². The van der Waals surface area contributed by atoms with Crippen molar-refractivity contribution in [3.63, 3.8) is 0 Å². The van der Waals surface area contributed by atoms with Crippen molar-refractivity contribution in [3.8, 4) is 17.0 Å². The molecule has 0 saturated heterocycles. The van der Waals surface area contributed by atoms with Crippen molar-refractivity contribution >= 4 is 39.7 Å². The molecule has 0 fully saturated rings. The van der Waals surface area contributed by atoms with Gasteiger partial charge in [0.15, 0.2) is 0 Å². The number of hydrogen-bond donors (Lipinski definition) is 3. The molecule has 180 valence electrons. The zero-order valence-electron chi connectivity index (χ0n) is 19.8. The molecule has 0 aliphatic heterocycles. The molecular weight excluding hydrogens is 446 g/mol. The van der Waals surface area contributed by atoms with Crippen molar-refractivity contribution in [2.24, 2.45) is 7.05 Å². The van der Waals surface area contributed by atoms with E-state index in [1.807, 2.05) is 54.1 Å². The first-order chi connectivity index (χ1) is 16.9. The lowest BCUT2D eigenvalue weighted by molar-refractivity contribution is -0.111. The number of aliphatic hydroxyl groups is 1. The van der Waals surface area contributed by atoms with Crippen molar-refractivity contribution in [2.45, 2.75) is 0 Å². The molecule has 0 spiro atoms. The normalized spacial score (nSPS) is 10.7. The van der Waals surface area contributed by atoms with Gasteiger partial charge in [-0.15, -0.1) is 0 Å². The summed E-state index contributed by atoms with van der Waals surface area (Å²) in [5.74, 6) is 0.741. The molecule has 4 aromatic rings. The molecule has 10 heteroatoms. The maximum absolute atomic E-state index is 12.1. The third kappa shape index (κ3) is 5.07. The second-order valence-corrected chi connectivity index (χ2v) is 7.86. The van der Waals surface area contributed by atoms with E-state index in [0.29, 0.717) is 35.2 Å². The number of aromatic nitrogens is 4. The Balaban J connectivity index is 1.69. The van der Waals surface area contributed by atoms with E-state index < -0.39 is 0 Å². The lowest BCUT2D eigenvalue weighted by Crippen LogP contribution is -2.23. The summed E-state index contributed by atoms with van der Waals surface area (Å²) in [5, 5.41) is 20.8. The molecule has 0 aliphatic carbocycles. The van der Waals surface area contributed by atoms with Crippen LogP contribution in [0.4, 0.5) is 22.9 Å². The van der Waals surface area contributed by atoms with Gasteiger partial charge in [0, 0.05) is 43.7 Å². The van der Waals surface area contributed by atoms with Gasteiger partial charge in [0.25, 0.3) is 0 Å². The summed E-state index contributed by atoms with van der Waals surface area (Å²) in [4.78, 5) is 22.7. The number of hydrogen-bond acceptors (Lipinski definition) is 8. The van der Waals surface area contributed by atoms with Crippen molar-refractivity contribution in [1.82, 2.24) is 19.7 Å². The third-order valence-electron chi connectivity index (χ3n) is 5.58. The number of anilines is 4. The molecule has 0 aliphatic rings. The van der Waals surface area contributed by atoms with Crippen molar-refractivity contribution < 1.29 is 14.6 Å². The molecule has 3 N–H and O–H groups in total. The average molecular weight is 474 g/mol. The van der Waals surface area contributed by atoms with E-state index in [4.69, 9.17) is 4.74 Å². The summed E-state index contributed by atoms with van der Waals surface area (Å²) in [6.07, 6.45) is 4.50. The minimum atomic E-state index is -0.352. The predicted octanol–water partition coefficient (Wildman–Crippen LogP) is 3.34. The first-order valence-electron chi connectivity index (χ1n) is 10.9. The van der Waals surface area contributed by atoms with Crippen LogP contribution in [0.2, 0.25) is 0 Å². The van der Waals surface area contributed by atoms with Crippen LogP contribution in [-0.2, 0) is 11.8 Å². The topological polar surface area (TPSA) is 117 Å². The number of nitrogens with zero attached hydrogens (tertiary/aromatic N) is 5. The van der Waals surface area contributed by atoms with Gasteiger partial charge in [0.1, 0.15) is 17.9 Å². The van der Waals surface area contributed by atoms with Gasteiger partial charge in [0.05, 0.1) is 48.2 Å². The lowest BCUT2D eigenvalue weighted by Gasteiger charge is -2.24. The highest BCUT2D eigenvalue weighted by molar-refractivity contribution is 6.02. The fraction of sp³-hybridized carbons (Fsp3) is 0.200. The van der Waals surface area contributed by atoms with E-state index in [-0.39, 0.29) is 12.5 Å². The molecule has 1 amide bonds. The van der Waals surface area contributed by atoms with E-state index in [9.17, 15) is 9.90 Å². The Morgan fingerprint density at radius 3 is 2.80 bits per heavy atom. The zero-order valence-corrected chi connectivity index (χ0v) is 19.8. The third-order valence-corrected chi connectivity index (χ3v) is 5.58. The van der Waals surface area contributed by atoms with Crippen LogP contribution in [0.1, 0.15) is 0 Å². The monoisotopic (exact) mass is 473 g/mol.